The average molecular weight is 334 g/mol. The van der Waals surface area contributed by atoms with E-state index in [0.717, 1.165) is 30.3 Å². The van der Waals surface area contributed by atoms with Crippen LogP contribution in [0.2, 0.25) is 0 Å². The van der Waals surface area contributed by atoms with Crippen molar-refractivity contribution in [3.63, 3.8) is 0 Å². The third-order valence-electron chi connectivity index (χ3n) is 4.17. The Balaban J connectivity index is 1.66. The van der Waals surface area contributed by atoms with Gasteiger partial charge in [0.2, 0.25) is 0 Å². The molecule has 1 aliphatic rings. The number of fused-ring (bicyclic) bond motifs is 1. The molecule has 3 rings (SSSR count). The normalized spacial score (nSPS) is 18.6. The number of hydrogen-bond donors (Lipinski definition) is 1. The van der Waals surface area contributed by atoms with Crippen LogP contribution in [0.1, 0.15) is 43.5 Å². The summed E-state index contributed by atoms with van der Waals surface area (Å²) in [5.74, 6) is 0.511. The summed E-state index contributed by atoms with van der Waals surface area (Å²) in [6, 6.07) is 8.41. The lowest BCUT2D eigenvalue weighted by Crippen LogP contribution is -2.45. The summed E-state index contributed by atoms with van der Waals surface area (Å²) in [7, 11) is 0. The monoisotopic (exact) mass is 333 g/mol. The number of hydrogen-bond acceptors (Lipinski definition) is 3. The van der Waals surface area contributed by atoms with E-state index in [2.05, 4.69) is 41.4 Å². The zero-order valence-corrected chi connectivity index (χ0v) is 14.7. The first-order chi connectivity index (χ1) is 10.8. The van der Waals surface area contributed by atoms with Crippen LogP contribution in [0.15, 0.2) is 24.3 Å². The Bertz CT molecular complexity index is 605. The molecular formula is C17H23N3S2. The Morgan fingerprint density at radius 3 is 3.14 bits per heavy atom. The fourth-order valence-corrected chi connectivity index (χ4v) is 4.27. The first-order valence-electron chi connectivity index (χ1n) is 8.16. The smallest absolute Gasteiger partial charge is 0.168 e. The Morgan fingerprint density at radius 2 is 2.32 bits per heavy atom. The highest BCUT2D eigenvalue weighted by Crippen LogP contribution is 2.32. The molecule has 1 N–H and O–H groups in total. The van der Waals surface area contributed by atoms with E-state index >= 15 is 0 Å². The number of thiocarbonyl (C=S) groups is 1. The van der Waals surface area contributed by atoms with Gasteiger partial charge in [0.15, 0.2) is 5.11 Å². The number of likely N-dealkylation sites (tertiary alicyclic amines) is 1. The Hall–Kier alpha value is -1.20. The molecule has 0 saturated carbocycles. The number of rotatable bonds is 4. The van der Waals surface area contributed by atoms with Crippen molar-refractivity contribution in [2.24, 2.45) is 0 Å². The molecule has 22 heavy (non-hydrogen) atoms. The first-order valence-corrected chi connectivity index (χ1v) is 9.38. The molecule has 1 fully saturated rings. The standard InChI is InChI=1S/C17H23N3S2/c1-2-3-10-18-17(21)20-11-6-7-13(12-20)16-19-14-8-4-5-9-15(14)22-16/h4-5,8-9,13H,2-3,6-7,10-12H2,1H3,(H,18,21)/t13-/m0/s1. The van der Waals surface area contributed by atoms with Crippen LogP contribution < -0.4 is 5.32 Å². The van der Waals surface area contributed by atoms with Gasteiger partial charge in [-0.05, 0) is 43.6 Å². The summed E-state index contributed by atoms with van der Waals surface area (Å²) in [6.07, 6.45) is 4.78. The summed E-state index contributed by atoms with van der Waals surface area (Å²) in [4.78, 5) is 7.16. The van der Waals surface area contributed by atoms with Crippen LogP contribution >= 0.6 is 23.6 Å². The van der Waals surface area contributed by atoms with Crippen molar-refractivity contribution >= 4 is 38.9 Å². The molecule has 1 aromatic heterocycles. The lowest BCUT2D eigenvalue weighted by atomic mass is 9.99. The van der Waals surface area contributed by atoms with Gasteiger partial charge in [-0.1, -0.05) is 25.5 Å². The van der Waals surface area contributed by atoms with Gasteiger partial charge in [0, 0.05) is 25.6 Å². The molecule has 1 atom stereocenters. The predicted molar refractivity (Wildman–Crippen MR) is 98.7 cm³/mol. The largest absolute Gasteiger partial charge is 0.363 e. The quantitative estimate of drug-likeness (QED) is 0.672. The third kappa shape index (κ3) is 3.58. The number of nitrogens with zero attached hydrogens (tertiary/aromatic N) is 2. The van der Waals surface area contributed by atoms with Gasteiger partial charge in [-0.2, -0.15) is 0 Å². The lowest BCUT2D eigenvalue weighted by Gasteiger charge is -2.33. The molecule has 0 radical (unpaired) electrons. The maximum atomic E-state index is 5.55. The van der Waals surface area contributed by atoms with Gasteiger partial charge in [0.1, 0.15) is 0 Å². The van der Waals surface area contributed by atoms with Gasteiger partial charge in [0.25, 0.3) is 0 Å². The number of aromatic nitrogens is 1. The molecule has 3 nitrogen and oxygen atoms in total. The maximum absolute atomic E-state index is 5.55. The molecule has 5 heteroatoms. The van der Waals surface area contributed by atoms with Crippen molar-refractivity contribution in [2.45, 2.75) is 38.5 Å². The van der Waals surface area contributed by atoms with E-state index in [-0.39, 0.29) is 0 Å². The average Bonchev–Trinajstić information content (AvgIpc) is 2.99. The lowest BCUT2D eigenvalue weighted by molar-refractivity contribution is 0.305. The second-order valence-corrected chi connectivity index (χ2v) is 7.34. The number of unbranched alkanes of at least 4 members (excludes halogenated alkanes) is 1. The topological polar surface area (TPSA) is 28.2 Å². The summed E-state index contributed by atoms with van der Waals surface area (Å²) < 4.78 is 1.29. The molecule has 0 spiro atoms. The zero-order chi connectivity index (χ0) is 15.4. The molecule has 2 heterocycles. The van der Waals surface area contributed by atoms with Gasteiger partial charge in [-0.25, -0.2) is 4.98 Å². The van der Waals surface area contributed by atoms with Crippen molar-refractivity contribution in [1.82, 2.24) is 15.2 Å². The highest BCUT2D eigenvalue weighted by Gasteiger charge is 2.25. The summed E-state index contributed by atoms with van der Waals surface area (Å²) in [6.45, 7) is 5.25. The highest BCUT2D eigenvalue weighted by atomic mass is 32.1. The second kappa shape index (κ2) is 7.38. The summed E-state index contributed by atoms with van der Waals surface area (Å²) in [5, 5.41) is 5.57. The molecule has 0 unspecified atom stereocenters. The number of thiazole rings is 1. The fraction of sp³-hybridized carbons (Fsp3) is 0.529. The van der Waals surface area contributed by atoms with E-state index in [0.29, 0.717) is 5.92 Å². The minimum absolute atomic E-state index is 0.511. The summed E-state index contributed by atoms with van der Waals surface area (Å²) >= 11 is 7.39. The van der Waals surface area contributed by atoms with Crippen LogP contribution in [0.25, 0.3) is 10.2 Å². The third-order valence-corrected chi connectivity index (χ3v) is 5.78. The Kier molecular flexibility index (Phi) is 5.26. The number of benzene rings is 1. The van der Waals surface area contributed by atoms with Gasteiger partial charge in [-0.3, -0.25) is 0 Å². The van der Waals surface area contributed by atoms with Crippen LogP contribution in [0.3, 0.4) is 0 Å². The zero-order valence-electron chi connectivity index (χ0n) is 13.0. The van der Waals surface area contributed by atoms with Crippen LogP contribution in [-0.2, 0) is 0 Å². The predicted octanol–water partition coefficient (Wildman–Crippen LogP) is 4.15. The molecule has 2 aromatic rings. The van der Waals surface area contributed by atoms with Crippen molar-refractivity contribution in [3.05, 3.63) is 29.3 Å². The van der Waals surface area contributed by atoms with Crippen LogP contribution in [0, 0.1) is 0 Å². The SMILES string of the molecule is CCCCNC(=S)N1CCC[C@H](c2nc3ccccc3s2)C1. The second-order valence-electron chi connectivity index (χ2n) is 5.89. The van der Waals surface area contributed by atoms with E-state index in [1.54, 1.807) is 0 Å². The molecule has 1 aromatic carbocycles. The minimum Gasteiger partial charge on any atom is -0.363 e. The van der Waals surface area contributed by atoms with Gasteiger partial charge in [-0.15, -0.1) is 11.3 Å². The number of piperidine rings is 1. The molecule has 0 amide bonds. The van der Waals surface area contributed by atoms with E-state index in [1.165, 1.54) is 35.4 Å². The van der Waals surface area contributed by atoms with Gasteiger partial charge >= 0.3 is 0 Å². The molecule has 1 aliphatic heterocycles. The van der Waals surface area contributed by atoms with Crippen molar-refractivity contribution in [2.75, 3.05) is 19.6 Å². The first kappa shape index (κ1) is 15.7. The fourth-order valence-electron chi connectivity index (χ4n) is 2.91. The molecular weight excluding hydrogens is 310 g/mol. The van der Waals surface area contributed by atoms with Crippen LogP contribution in [0.5, 0.6) is 0 Å². The molecule has 0 bridgehead atoms. The van der Waals surface area contributed by atoms with E-state index in [4.69, 9.17) is 17.2 Å². The van der Waals surface area contributed by atoms with Crippen LogP contribution in [-0.4, -0.2) is 34.6 Å². The summed E-state index contributed by atoms with van der Waals surface area (Å²) in [5.41, 5.74) is 1.13. The molecule has 118 valence electrons. The van der Waals surface area contributed by atoms with E-state index in [1.807, 2.05) is 11.3 Å². The van der Waals surface area contributed by atoms with Crippen molar-refractivity contribution in [3.8, 4) is 0 Å². The molecule has 0 aliphatic carbocycles. The van der Waals surface area contributed by atoms with E-state index < -0.39 is 0 Å². The van der Waals surface area contributed by atoms with Crippen LogP contribution in [0.4, 0.5) is 0 Å². The maximum Gasteiger partial charge on any atom is 0.168 e. The Labute approximate surface area is 141 Å². The number of nitrogens with one attached hydrogen (secondary N) is 1. The minimum atomic E-state index is 0.511. The van der Waals surface area contributed by atoms with Gasteiger partial charge < -0.3 is 10.2 Å². The van der Waals surface area contributed by atoms with Crippen molar-refractivity contribution < 1.29 is 0 Å². The highest BCUT2D eigenvalue weighted by molar-refractivity contribution is 7.80. The molecule has 1 saturated heterocycles. The van der Waals surface area contributed by atoms with Crippen molar-refractivity contribution in [1.29, 1.82) is 0 Å². The van der Waals surface area contributed by atoms with E-state index in [9.17, 15) is 0 Å². The van der Waals surface area contributed by atoms with Gasteiger partial charge in [0.05, 0.1) is 15.2 Å². The number of para-hydroxylation sites is 1. The Morgan fingerprint density at radius 1 is 1.45 bits per heavy atom.